The summed E-state index contributed by atoms with van der Waals surface area (Å²) in [5.41, 5.74) is 0.862. The molecule has 29 heavy (non-hydrogen) atoms. The van der Waals surface area contributed by atoms with E-state index >= 15 is 0 Å². The molecule has 1 aromatic carbocycles. The van der Waals surface area contributed by atoms with E-state index in [1.807, 2.05) is 30.3 Å². The van der Waals surface area contributed by atoms with E-state index in [9.17, 15) is 13.2 Å². The molecule has 1 heterocycles. The van der Waals surface area contributed by atoms with Gasteiger partial charge in [0.2, 0.25) is 15.9 Å². The average molecular weight is 417 g/mol. The monoisotopic (exact) mass is 416 g/mol. The van der Waals surface area contributed by atoms with Gasteiger partial charge in [0.1, 0.15) is 0 Å². The van der Waals surface area contributed by atoms with Gasteiger partial charge in [-0.15, -0.1) is 0 Å². The van der Waals surface area contributed by atoms with Crippen molar-refractivity contribution >= 4 is 22.0 Å². The summed E-state index contributed by atoms with van der Waals surface area (Å²) in [5.74, 6) is 2.68. The fraction of sp³-hybridized carbons (Fsp3) is 0.609. The molecule has 1 saturated heterocycles. The van der Waals surface area contributed by atoms with Crippen molar-refractivity contribution < 1.29 is 13.2 Å². The zero-order valence-electron chi connectivity index (χ0n) is 17.0. The van der Waals surface area contributed by atoms with Crippen molar-refractivity contribution in [3.63, 3.8) is 0 Å². The number of carbonyl (C=O) groups is 1. The van der Waals surface area contributed by atoms with Gasteiger partial charge in [0.05, 0.1) is 0 Å². The Labute approximate surface area is 174 Å². The summed E-state index contributed by atoms with van der Waals surface area (Å²) in [6.07, 6.45) is 9.48. The molecule has 1 amide bonds. The molecule has 3 fully saturated rings. The predicted octanol–water partition coefficient (Wildman–Crippen LogP) is 3.64. The maximum atomic E-state index is 12.6. The molecule has 2 aliphatic carbocycles. The molecule has 3 atom stereocenters. The van der Waals surface area contributed by atoms with Crippen molar-refractivity contribution in [1.29, 1.82) is 0 Å². The van der Waals surface area contributed by atoms with Gasteiger partial charge in [0.15, 0.2) is 0 Å². The zero-order chi connectivity index (χ0) is 20.3. The lowest BCUT2D eigenvalue weighted by atomic mass is 9.86. The van der Waals surface area contributed by atoms with Crippen LogP contribution in [0.15, 0.2) is 35.7 Å². The first kappa shape index (κ1) is 20.6. The minimum absolute atomic E-state index is 0.0698. The largest absolute Gasteiger partial charge is 0.356 e. The summed E-state index contributed by atoms with van der Waals surface area (Å²) in [6.45, 7) is 1.59. The van der Waals surface area contributed by atoms with Gasteiger partial charge >= 0.3 is 0 Å². The molecule has 1 N–H and O–H groups in total. The van der Waals surface area contributed by atoms with Gasteiger partial charge in [-0.1, -0.05) is 36.8 Å². The van der Waals surface area contributed by atoms with Crippen LogP contribution in [0.2, 0.25) is 0 Å². The SMILES string of the molecule is O=C(NCCC1CC2CCC1C2)C1CCN(S(=O)(=O)/C=C/c2ccccc2)CC1. The number of nitrogens with zero attached hydrogens (tertiary/aromatic N) is 1. The first-order valence-electron chi connectivity index (χ1n) is 11.0. The molecule has 1 aromatic rings. The quantitative estimate of drug-likeness (QED) is 0.738. The van der Waals surface area contributed by atoms with Gasteiger partial charge in [-0.25, -0.2) is 8.42 Å². The Balaban J connectivity index is 1.20. The van der Waals surface area contributed by atoms with Crippen LogP contribution in [0.3, 0.4) is 0 Å². The standard InChI is InChI=1S/C23H32N2O3S/c26-23(24-12-8-22-17-19-6-7-21(22)16-19)20-9-13-25(14-10-20)29(27,28)15-11-18-4-2-1-3-5-18/h1-5,11,15,19-22H,6-10,12-14,16-17H2,(H,24,26)/b15-11+. The third-order valence-electron chi connectivity index (χ3n) is 7.12. The van der Waals surface area contributed by atoms with E-state index in [2.05, 4.69) is 5.32 Å². The summed E-state index contributed by atoms with van der Waals surface area (Å²) in [4.78, 5) is 12.5. The maximum absolute atomic E-state index is 12.6. The third kappa shape index (κ3) is 5.10. The van der Waals surface area contributed by atoms with E-state index in [4.69, 9.17) is 0 Å². The lowest BCUT2D eigenvalue weighted by Gasteiger charge is -2.30. The minimum atomic E-state index is -3.44. The zero-order valence-corrected chi connectivity index (χ0v) is 17.8. The Kier molecular flexibility index (Phi) is 6.40. The molecule has 1 aliphatic heterocycles. The molecule has 0 radical (unpaired) electrons. The Hall–Kier alpha value is -1.66. The first-order chi connectivity index (χ1) is 14.0. The lowest BCUT2D eigenvalue weighted by Crippen LogP contribution is -2.42. The number of hydrogen-bond acceptors (Lipinski definition) is 3. The first-order valence-corrected chi connectivity index (χ1v) is 12.5. The molecule has 158 valence electrons. The smallest absolute Gasteiger partial charge is 0.236 e. The van der Waals surface area contributed by atoms with E-state index in [0.717, 1.165) is 36.3 Å². The molecule has 3 unspecified atom stereocenters. The number of rotatable bonds is 7. The Morgan fingerprint density at radius 3 is 2.48 bits per heavy atom. The number of benzene rings is 1. The number of piperidine rings is 1. The Morgan fingerprint density at radius 2 is 1.83 bits per heavy atom. The second kappa shape index (κ2) is 9.00. The summed E-state index contributed by atoms with van der Waals surface area (Å²) in [7, 11) is -3.44. The van der Waals surface area contributed by atoms with Crippen LogP contribution in [0.1, 0.15) is 50.5 Å². The summed E-state index contributed by atoms with van der Waals surface area (Å²) in [5, 5.41) is 4.39. The average Bonchev–Trinajstić information content (AvgIpc) is 3.36. The molecule has 2 saturated carbocycles. The Morgan fingerprint density at radius 1 is 1.07 bits per heavy atom. The highest BCUT2D eigenvalue weighted by Gasteiger charge is 2.39. The summed E-state index contributed by atoms with van der Waals surface area (Å²) < 4.78 is 26.6. The van der Waals surface area contributed by atoms with Gasteiger partial charge in [0.25, 0.3) is 0 Å². The fourth-order valence-electron chi connectivity index (χ4n) is 5.44. The number of fused-ring (bicyclic) bond motifs is 2. The van der Waals surface area contributed by atoms with Crippen LogP contribution < -0.4 is 5.32 Å². The molecule has 5 nitrogen and oxygen atoms in total. The van der Waals surface area contributed by atoms with E-state index in [0.29, 0.717) is 25.9 Å². The van der Waals surface area contributed by atoms with Crippen molar-refractivity contribution in [3.05, 3.63) is 41.3 Å². The van der Waals surface area contributed by atoms with Gasteiger partial charge in [0, 0.05) is 31.0 Å². The second-order valence-electron chi connectivity index (χ2n) is 8.95. The third-order valence-corrected chi connectivity index (χ3v) is 8.68. The molecule has 0 spiro atoms. The van der Waals surface area contributed by atoms with Crippen molar-refractivity contribution in [3.8, 4) is 0 Å². The minimum Gasteiger partial charge on any atom is -0.356 e. The van der Waals surface area contributed by atoms with Crippen molar-refractivity contribution in [1.82, 2.24) is 9.62 Å². The normalized spacial score (nSPS) is 28.2. The van der Waals surface area contributed by atoms with Crippen LogP contribution in [-0.4, -0.2) is 38.3 Å². The van der Waals surface area contributed by atoms with E-state index in [1.165, 1.54) is 35.4 Å². The van der Waals surface area contributed by atoms with Gasteiger partial charge in [-0.05, 0) is 67.9 Å². The number of hydrogen-bond donors (Lipinski definition) is 1. The van der Waals surface area contributed by atoms with E-state index in [-0.39, 0.29) is 11.8 Å². The van der Waals surface area contributed by atoms with Crippen LogP contribution in [-0.2, 0) is 14.8 Å². The molecule has 0 aromatic heterocycles. The highest BCUT2D eigenvalue weighted by molar-refractivity contribution is 7.92. The molecule has 6 heteroatoms. The van der Waals surface area contributed by atoms with Crippen LogP contribution in [0, 0.1) is 23.7 Å². The van der Waals surface area contributed by atoms with Gasteiger partial charge in [-0.2, -0.15) is 4.31 Å². The van der Waals surface area contributed by atoms with Crippen LogP contribution in [0.4, 0.5) is 0 Å². The van der Waals surface area contributed by atoms with Gasteiger partial charge in [-0.3, -0.25) is 4.79 Å². The molecular formula is C23H32N2O3S. The topological polar surface area (TPSA) is 66.5 Å². The summed E-state index contributed by atoms with van der Waals surface area (Å²) in [6, 6.07) is 9.42. The molecule has 3 aliphatic rings. The lowest BCUT2D eigenvalue weighted by molar-refractivity contribution is -0.126. The maximum Gasteiger partial charge on any atom is 0.236 e. The predicted molar refractivity (Wildman–Crippen MR) is 115 cm³/mol. The van der Waals surface area contributed by atoms with Crippen LogP contribution in [0.5, 0.6) is 0 Å². The number of amides is 1. The number of carbonyl (C=O) groups excluding carboxylic acids is 1. The van der Waals surface area contributed by atoms with E-state index in [1.54, 1.807) is 6.08 Å². The van der Waals surface area contributed by atoms with Crippen LogP contribution >= 0.6 is 0 Å². The Bertz CT molecular complexity index is 829. The molecule has 4 rings (SSSR count). The number of sulfonamides is 1. The highest BCUT2D eigenvalue weighted by Crippen LogP contribution is 2.49. The van der Waals surface area contributed by atoms with Crippen molar-refractivity contribution in [2.24, 2.45) is 23.7 Å². The van der Waals surface area contributed by atoms with Crippen LogP contribution in [0.25, 0.3) is 6.08 Å². The van der Waals surface area contributed by atoms with Gasteiger partial charge < -0.3 is 5.32 Å². The van der Waals surface area contributed by atoms with Crippen molar-refractivity contribution in [2.45, 2.75) is 44.9 Å². The highest BCUT2D eigenvalue weighted by atomic mass is 32.2. The number of nitrogens with one attached hydrogen (secondary N) is 1. The van der Waals surface area contributed by atoms with Crippen molar-refractivity contribution in [2.75, 3.05) is 19.6 Å². The second-order valence-corrected chi connectivity index (χ2v) is 10.8. The fourth-order valence-corrected chi connectivity index (χ4v) is 6.66. The van der Waals surface area contributed by atoms with E-state index < -0.39 is 10.0 Å². The summed E-state index contributed by atoms with van der Waals surface area (Å²) >= 11 is 0. The molecular weight excluding hydrogens is 384 g/mol. The molecule has 2 bridgehead atoms.